The Kier molecular flexibility index (Phi) is 5.14. The predicted octanol–water partition coefficient (Wildman–Crippen LogP) is 4.70. The van der Waals surface area contributed by atoms with Gasteiger partial charge in [-0.2, -0.15) is 0 Å². The molecule has 20 heavy (non-hydrogen) atoms. The van der Waals surface area contributed by atoms with Crippen LogP contribution in [0.4, 0.5) is 14.9 Å². The lowest BCUT2D eigenvalue weighted by atomic mass is 10.3. The van der Waals surface area contributed by atoms with Gasteiger partial charge in [-0.05, 0) is 53.2 Å². The zero-order chi connectivity index (χ0) is 14.5. The summed E-state index contributed by atoms with van der Waals surface area (Å²) in [6, 6.07) is 9.58. The number of urea groups is 1. The summed E-state index contributed by atoms with van der Waals surface area (Å²) in [4.78, 5) is 14.9. The minimum absolute atomic E-state index is 0.234. The molecule has 1 N–H and O–H groups in total. The van der Waals surface area contributed by atoms with E-state index >= 15 is 0 Å². The lowest BCUT2D eigenvalue weighted by molar-refractivity contribution is 0.212. The van der Waals surface area contributed by atoms with E-state index in [1.54, 1.807) is 28.4 Å². The van der Waals surface area contributed by atoms with Crippen LogP contribution in [0.2, 0.25) is 0 Å². The van der Waals surface area contributed by atoms with E-state index in [0.29, 0.717) is 18.8 Å². The summed E-state index contributed by atoms with van der Waals surface area (Å²) in [5, 5.41) is 2.70. The van der Waals surface area contributed by atoms with Crippen LogP contribution in [-0.4, -0.2) is 17.5 Å². The van der Waals surface area contributed by atoms with Crippen molar-refractivity contribution in [1.29, 1.82) is 0 Å². The molecule has 0 aliphatic heterocycles. The molecule has 106 valence electrons. The van der Waals surface area contributed by atoms with Crippen LogP contribution >= 0.6 is 27.3 Å². The van der Waals surface area contributed by atoms with Crippen LogP contribution in [0.15, 0.2) is 40.2 Å². The Morgan fingerprint density at radius 2 is 2.20 bits per heavy atom. The second-order valence-corrected chi connectivity index (χ2v) is 6.71. The molecule has 3 nitrogen and oxygen atoms in total. The molecule has 0 fully saturated rings. The molecule has 0 bridgehead atoms. The first-order valence-electron chi connectivity index (χ1n) is 6.14. The van der Waals surface area contributed by atoms with E-state index in [-0.39, 0.29) is 11.8 Å². The van der Waals surface area contributed by atoms with Crippen molar-refractivity contribution in [2.24, 2.45) is 0 Å². The molecule has 2 aromatic rings. The van der Waals surface area contributed by atoms with Crippen LogP contribution in [0.1, 0.15) is 11.8 Å². The smallest absolute Gasteiger partial charge is 0.320 e. The third kappa shape index (κ3) is 4.05. The van der Waals surface area contributed by atoms with Crippen LogP contribution < -0.4 is 5.32 Å². The molecule has 1 heterocycles. The van der Waals surface area contributed by atoms with Gasteiger partial charge in [-0.3, -0.25) is 0 Å². The Bertz CT molecular complexity index is 602. The van der Waals surface area contributed by atoms with Gasteiger partial charge in [0, 0.05) is 17.1 Å². The average molecular weight is 357 g/mol. The molecule has 0 saturated heterocycles. The summed E-state index contributed by atoms with van der Waals surface area (Å²) < 4.78 is 14.1. The average Bonchev–Trinajstić information content (AvgIpc) is 2.81. The number of carbonyl (C=O) groups is 1. The third-order valence-corrected chi connectivity index (χ3v) is 4.33. The molecule has 6 heteroatoms. The number of hydrogen-bond donors (Lipinski definition) is 1. The zero-order valence-electron chi connectivity index (χ0n) is 10.9. The number of carbonyl (C=O) groups excluding carboxylic acids is 1. The van der Waals surface area contributed by atoms with Gasteiger partial charge in [0.05, 0.1) is 10.3 Å². The normalized spacial score (nSPS) is 10.3. The molecular weight excluding hydrogens is 343 g/mol. The van der Waals surface area contributed by atoms with Crippen molar-refractivity contribution < 1.29 is 9.18 Å². The number of rotatable bonds is 4. The van der Waals surface area contributed by atoms with Crippen LogP contribution in [0, 0.1) is 5.82 Å². The number of amides is 2. The molecule has 2 amide bonds. The van der Waals surface area contributed by atoms with Gasteiger partial charge in [0.2, 0.25) is 0 Å². The Morgan fingerprint density at radius 1 is 1.40 bits per heavy atom. The maximum absolute atomic E-state index is 13.1. The Hall–Kier alpha value is -1.40. The number of halogens is 2. The first-order valence-corrected chi connectivity index (χ1v) is 7.75. The van der Waals surface area contributed by atoms with Gasteiger partial charge in [0.25, 0.3) is 0 Å². The van der Waals surface area contributed by atoms with Gasteiger partial charge >= 0.3 is 6.03 Å². The van der Waals surface area contributed by atoms with Gasteiger partial charge in [-0.25, -0.2) is 9.18 Å². The highest BCUT2D eigenvalue weighted by Crippen LogP contribution is 2.23. The second-order valence-electron chi connectivity index (χ2n) is 4.16. The molecule has 1 aromatic carbocycles. The van der Waals surface area contributed by atoms with E-state index in [0.717, 1.165) is 8.66 Å². The number of anilines is 1. The Balaban J connectivity index is 2.02. The minimum atomic E-state index is -0.368. The fraction of sp³-hybridized carbons (Fsp3) is 0.214. The van der Waals surface area contributed by atoms with Gasteiger partial charge < -0.3 is 10.2 Å². The Labute approximate surface area is 129 Å². The van der Waals surface area contributed by atoms with Crippen molar-refractivity contribution in [2.45, 2.75) is 13.5 Å². The SMILES string of the molecule is CCN(Cc1ccc(Br)s1)C(=O)Nc1cccc(F)c1. The lowest BCUT2D eigenvalue weighted by Crippen LogP contribution is -2.34. The van der Waals surface area contributed by atoms with Crippen LogP contribution in [0.5, 0.6) is 0 Å². The summed E-state index contributed by atoms with van der Waals surface area (Å²) in [6.07, 6.45) is 0. The molecule has 0 unspecified atom stereocenters. The highest BCUT2D eigenvalue weighted by molar-refractivity contribution is 9.11. The van der Waals surface area contributed by atoms with Crippen molar-refractivity contribution in [3.63, 3.8) is 0 Å². The summed E-state index contributed by atoms with van der Waals surface area (Å²) >= 11 is 4.99. The third-order valence-electron chi connectivity index (χ3n) is 2.72. The molecule has 2 rings (SSSR count). The number of hydrogen-bond acceptors (Lipinski definition) is 2. The fourth-order valence-electron chi connectivity index (χ4n) is 1.72. The fourth-order valence-corrected chi connectivity index (χ4v) is 3.22. The molecule has 0 spiro atoms. The maximum Gasteiger partial charge on any atom is 0.322 e. The van der Waals surface area contributed by atoms with Gasteiger partial charge in [0.1, 0.15) is 5.82 Å². The van der Waals surface area contributed by atoms with E-state index in [1.165, 1.54) is 12.1 Å². The van der Waals surface area contributed by atoms with E-state index in [9.17, 15) is 9.18 Å². The van der Waals surface area contributed by atoms with Crippen molar-refractivity contribution >= 4 is 39.0 Å². The van der Waals surface area contributed by atoms with E-state index in [2.05, 4.69) is 21.2 Å². The van der Waals surface area contributed by atoms with Gasteiger partial charge in [0.15, 0.2) is 0 Å². The van der Waals surface area contributed by atoms with Gasteiger partial charge in [-0.15, -0.1) is 11.3 Å². The highest BCUT2D eigenvalue weighted by atomic mass is 79.9. The van der Waals surface area contributed by atoms with Crippen molar-refractivity contribution in [3.05, 3.63) is 50.9 Å². The molecule has 0 atom stereocenters. The van der Waals surface area contributed by atoms with Crippen LogP contribution in [-0.2, 0) is 6.54 Å². The molecule has 0 saturated carbocycles. The molecule has 0 aliphatic carbocycles. The second kappa shape index (κ2) is 6.85. The molecule has 1 aromatic heterocycles. The summed E-state index contributed by atoms with van der Waals surface area (Å²) in [5.74, 6) is -0.368. The van der Waals surface area contributed by atoms with Gasteiger partial charge in [-0.1, -0.05) is 6.07 Å². The number of nitrogens with one attached hydrogen (secondary N) is 1. The summed E-state index contributed by atoms with van der Waals surface area (Å²) in [5.41, 5.74) is 0.459. The van der Waals surface area contributed by atoms with E-state index in [4.69, 9.17) is 0 Å². The van der Waals surface area contributed by atoms with E-state index < -0.39 is 0 Å². The zero-order valence-corrected chi connectivity index (χ0v) is 13.3. The van der Waals surface area contributed by atoms with E-state index in [1.807, 2.05) is 19.1 Å². The largest absolute Gasteiger partial charge is 0.322 e. The minimum Gasteiger partial charge on any atom is -0.320 e. The lowest BCUT2D eigenvalue weighted by Gasteiger charge is -2.20. The number of nitrogens with zero attached hydrogens (tertiary/aromatic N) is 1. The van der Waals surface area contributed by atoms with Crippen molar-refractivity contribution in [2.75, 3.05) is 11.9 Å². The first kappa shape index (κ1) is 15.0. The first-order chi connectivity index (χ1) is 9.58. The monoisotopic (exact) mass is 356 g/mol. The van der Waals surface area contributed by atoms with Crippen LogP contribution in [0.25, 0.3) is 0 Å². The number of benzene rings is 1. The molecular formula is C14H14BrFN2OS. The topological polar surface area (TPSA) is 32.3 Å². The van der Waals surface area contributed by atoms with Crippen molar-refractivity contribution in [1.82, 2.24) is 4.90 Å². The highest BCUT2D eigenvalue weighted by Gasteiger charge is 2.13. The predicted molar refractivity (Wildman–Crippen MR) is 83.5 cm³/mol. The summed E-state index contributed by atoms with van der Waals surface area (Å²) in [6.45, 7) is 3.03. The number of thiophene rings is 1. The summed E-state index contributed by atoms with van der Waals surface area (Å²) in [7, 11) is 0. The standard InChI is InChI=1S/C14H14BrFN2OS/c1-2-18(9-12-6-7-13(15)20-12)14(19)17-11-5-3-4-10(16)8-11/h3-8H,2,9H2,1H3,(H,17,19). The Morgan fingerprint density at radius 3 is 2.80 bits per heavy atom. The quantitative estimate of drug-likeness (QED) is 0.845. The maximum atomic E-state index is 13.1. The van der Waals surface area contributed by atoms with Crippen molar-refractivity contribution in [3.8, 4) is 0 Å². The molecule has 0 aliphatic rings. The molecule has 0 radical (unpaired) electrons. The van der Waals surface area contributed by atoms with Crippen LogP contribution in [0.3, 0.4) is 0 Å².